The number of anilines is 1. The summed E-state index contributed by atoms with van der Waals surface area (Å²) in [5, 5.41) is 10.7. The summed E-state index contributed by atoms with van der Waals surface area (Å²) >= 11 is 0. The highest BCUT2D eigenvalue weighted by Gasteiger charge is 2.16. The number of para-hydroxylation sites is 1. The molecule has 0 amide bonds. The van der Waals surface area contributed by atoms with E-state index in [1.54, 1.807) is 49.1 Å². The van der Waals surface area contributed by atoms with E-state index in [2.05, 4.69) is 20.4 Å². The van der Waals surface area contributed by atoms with Gasteiger partial charge in [0.1, 0.15) is 4.90 Å². The van der Waals surface area contributed by atoms with Crippen molar-refractivity contribution in [1.29, 1.82) is 0 Å². The van der Waals surface area contributed by atoms with Crippen molar-refractivity contribution in [3.63, 3.8) is 0 Å². The van der Waals surface area contributed by atoms with Crippen molar-refractivity contribution >= 4 is 15.7 Å². The van der Waals surface area contributed by atoms with Crippen LogP contribution in [0.5, 0.6) is 0 Å². The Hall–Kier alpha value is -1.93. The number of nitrogens with one attached hydrogen (secondary N) is 2. The van der Waals surface area contributed by atoms with Crippen molar-refractivity contribution in [3.8, 4) is 0 Å². The highest BCUT2D eigenvalue weighted by molar-refractivity contribution is 7.89. The van der Waals surface area contributed by atoms with Gasteiger partial charge in [0.25, 0.3) is 0 Å². The third kappa shape index (κ3) is 3.14. The van der Waals surface area contributed by atoms with Crippen LogP contribution < -0.4 is 10.0 Å². The third-order valence-electron chi connectivity index (χ3n) is 2.78. The standard InChI is InChI=1S/C12H17N5O2S/c1-3-15-20(18,19)12-7-5-4-6-11(12)13-8-10-9-14-16-17(10)2/h4-7,9,13,15H,3,8H2,1-2H3. The number of hydrogen-bond acceptors (Lipinski definition) is 5. The molecule has 1 heterocycles. The van der Waals surface area contributed by atoms with E-state index in [0.29, 0.717) is 18.8 Å². The van der Waals surface area contributed by atoms with E-state index < -0.39 is 10.0 Å². The molecule has 0 radical (unpaired) electrons. The predicted molar refractivity (Wildman–Crippen MR) is 75.6 cm³/mol. The molecule has 7 nitrogen and oxygen atoms in total. The van der Waals surface area contributed by atoms with Gasteiger partial charge in [-0.3, -0.25) is 4.68 Å². The number of aromatic nitrogens is 3. The first-order chi connectivity index (χ1) is 9.54. The highest BCUT2D eigenvalue weighted by Crippen LogP contribution is 2.21. The predicted octanol–water partition coefficient (Wildman–Crippen LogP) is 0.725. The molecule has 0 bridgehead atoms. The maximum atomic E-state index is 12.1. The normalized spacial score (nSPS) is 11.5. The van der Waals surface area contributed by atoms with Crippen LogP contribution in [0, 0.1) is 0 Å². The fraction of sp³-hybridized carbons (Fsp3) is 0.333. The zero-order valence-electron chi connectivity index (χ0n) is 11.4. The van der Waals surface area contributed by atoms with Crippen LogP contribution >= 0.6 is 0 Å². The van der Waals surface area contributed by atoms with E-state index in [-0.39, 0.29) is 4.90 Å². The molecule has 2 N–H and O–H groups in total. The number of sulfonamides is 1. The Kier molecular flexibility index (Phi) is 4.35. The molecule has 1 aromatic carbocycles. The summed E-state index contributed by atoms with van der Waals surface area (Å²) < 4.78 is 28.3. The summed E-state index contributed by atoms with van der Waals surface area (Å²) in [6.07, 6.45) is 1.63. The molecular formula is C12H17N5O2S. The molecule has 1 aromatic heterocycles. The molecule has 0 spiro atoms. The van der Waals surface area contributed by atoms with Crippen molar-refractivity contribution in [3.05, 3.63) is 36.2 Å². The number of hydrogen-bond donors (Lipinski definition) is 2. The maximum absolute atomic E-state index is 12.1. The molecule has 0 unspecified atom stereocenters. The smallest absolute Gasteiger partial charge is 0.242 e. The fourth-order valence-corrected chi connectivity index (χ4v) is 2.99. The first-order valence-electron chi connectivity index (χ1n) is 6.20. The second kappa shape index (κ2) is 6.02. The van der Waals surface area contributed by atoms with Crippen molar-refractivity contribution < 1.29 is 8.42 Å². The van der Waals surface area contributed by atoms with E-state index in [1.807, 2.05) is 0 Å². The summed E-state index contributed by atoms with van der Waals surface area (Å²) in [7, 11) is -1.71. The first-order valence-corrected chi connectivity index (χ1v) is 7.69. The van der Waals surface area contributed by atoms with Gasteiger partial charge < -0.3 is 5.32 Å². The first kappa shape index (κ1) is 14.5. The number of rotatable bonds is 6. The largest absolute Gasteiger partial charge is 0.378 e. The minimum Gasteiger partial charge on any atom is -0.378 e. The summed E-state index contributed by atoms with van der Waals surface area (Å²) in [5.41, 5.74) is 1.41. The van der Waals surface area contributed by atoms with E-state index in [9.17, 15) is 8.42 Å². The second-order valence-electron chi connectivity index (χ2n) is 4.20. The van der Waals surface area contributed by atoms with Gasteiger partial charge >= 0.3 is 0 Å². The molecule has 2 rings (SSSR count). The molecule has 0 fully saturated rings. The molecule has 0 saturated carbocycles. The maximum Gasteiger partial charge on any atom is 0.242 e. The Morgan fingerprint density at radius 3 is 2.70 bits per heavy atom. The molecule has 0 aliphatic heterocycles. The summed E-state index contributed by atoms with van der Waals surface area (Å²) in [4.78, 5) is 0.233. The van der Waals surface area contributed by atoms with Crippen LogP contribution in [-0.4, -0.2) is 30.0 Å². The summed E-state index contributed by atoms with van der Waals surface area (Å²) in [5.74, 6) is 0. The SMILES string of the molecule is CCNS(=O)(=O)c1ccccc1NCc1cnnn1C. The lowest BCUT2D eigenvalue weighted by Gasteiger charge is -2.12. The summed E-state index contributed by atoms with van der Waals surface area (Å²) in [6.45, 7) is 2.54. The topological polar surface area (TPSA) is 88.9 Å². The van der Waals surface area contributed by atoms with E-state index >= 15 is 0 Å². The van der Waals surface area contributed by atoms with E-state index in [4.69, 9.17) is 0 Å². The molecule has 20 heavy (non-hydrogen) atoms. The van der Waals surface area contributed by atoms with Gasteiger partial charge in [-0.2, -0.15) is 0 Å². The van der Waals surface area contributed by atoms with Crippen LogP contribution in [0.1, 0.15) is 12.6 Å². The van der Waals surface area contributed by atoms with Crippen LogP contribution in [0.15, 0.2) is 35.4 Å². The number of benzene rings is 1. The average molecular weight is 295 g/mol. The van der Waals surface area contributed by atoms with Gasteiger partial charge in [-0.1, -0.05) is 24.3 Å². The lowest BCUT2D eigenvalue weighted by atomic mass is 10.3. The van der Waals surface area contributed by atoms with Crippen LogP contribution in [-0.2, 0) is 23.6 Å². The molecule has 0 saturated heterocycles. The average Bonchev–Trinajstić information content (AvgIpc) is 2.82. The Balaban J connectivity index is 2.23. The van der Waals surface area contributed by atoms with Gasteiger partial charge in [0, 0.05) is 13.6 Å². The third-order valence-corrected chi connectivity index (χ3v) is 4.38. The van der Waals surface area contributed by atoms with Crippen molar-refractivity contribution in [1.82, 2.24) is 19.7 Å². The Labute approximate surface area is 118 Å². The monoisotopic (exact) mass is 295 g/mol. The molecular weight excluding hydrogens is 278 g/mol. The number of nitrogens with zero attached hydrogens (tertiary/aromatic N) is 3. The summed E-state index contributed by atoms with van der Waals surface area (Å²) in [6, 6.07) is 6.78. The quantitative estimate of drug-likeness (QED) is 0.820. The second-order valence-corrected chi connectivity index (χ2v) is 5.94. The number of aryl methyl sites for hydroxylation is 1. The lowest BCUT2D eigenvalue weighted by molar-refractivity contribution is 0.584. The van der Waals surface area contributed by atoms with Crippen LogP contribution in [0.4, 0.5) is 5.69 Å². The minimum absolute atomic E-state index is 0.233. The Morgan fingerprint density at radius 1 is 1.30 bits per heavy atom. The molecule has 8 heteroatoms. The van der Waals surface area contributed by atoms with Crippen LogP contribution in [0.25, 0.3) is 0 Å². The van der Waals surface area contributed by atoms with Crippen LogP contribution in [0.2, 0.25) is 0 Å². The van der Waals surface area contributed by atoms with E-state index in [0.717, 1.165) is 5.69 Å². The molecule has 0 aliphatic rings. The Bertz CT molecular complexity index is 681. The van der Waals surface area contributed by atoms with Crippen LogP contribution in [0.3, 0.4) is 0 Å². The zero-order valence-corrected chi connectivity index (χ0v) is 12.2. The highest BCUT2D eigenvalue weighted by atomic mass is 32.2. The van der Waals surface area contributed by atoms with Gasteiger partial charge in [-0.25, -0.2) is 13.1 Å². The molecule has 0 aliphatic carbocycles. The van der Waals surface area contributed by atoms with Gasteiger partial charge in [0.05, 0.1) is 24.1 Å². The van der Waals surface area contributed by atoms with E-state index in [1.165, 1.54) is 0 Å². The van der Waals surface area contributed by atoms with Gasteiger partial charge in [-0.05, 0) is 12.1 Å². The molecule has 108 valence electrons. The van der Waals surface area contributed by atoms with Crippen molar-refractivity contribution in [2.24, 2.45) is 7.05 Å². The van der Waals surface area contributed by atoms with Gasteiger partial charge in [0.2, 0.25) is 10.0 Å². The van der Waals surface area contributed by atoms with Gasteiger partial charge in [-0.15, -0.1) is 5.10 Å². The Morgan fingerprint density at radius 2 is 2.05 bits per heavy atom. The fourth-order valence-electron chi connectivity index (χ4n) is 1.77. The molecule has 2 aromatic rings. The van der Waals surface area contributed by atoms with Crippen molar-refractivity contribution in [2.75, 3.05) is 11.9 Å². The van der Waals surface area contributed by atoms with Crippen molar-refractivity contribution in [2.45, 2.75) is 18.4 Å². The zero-order chi connectivity index (χ0) is 14.6. The van der Waals surface area contributed by atoms with Gasteiger partial charge in [0.15, 0.2) is 0 Å². The lowest BCUT2D eigenvalue weighted by Crippen LogP contribution is -2.24. The minimum atomic E-state index is -3.49. The molecule has 0 atom stereocenters.